The molecule has 0 aromatic carbocycles. The lowest BCUT2D eigenvalue weighted by molar-refractivity contribution is -0.488. The minimum Gasteiger partial charge on any atom is -0.300 e. The molecule has 1 fully saturated rings. The van der Waals surface area contributed by atoms with Crippen molar-refractivity contribution in [3.8, 4) is 0 Å². The van der Waals surface area contributed by atoms with Crippen LogP contribution in [0.2, 0.25) is 0 Å². The van der Waals surface area contributed by atoms with E-state index in [0.29, 0.717) is 12.8 Å². The van der Waals surface area contributed by atoms with Gasteiger partial charge in [-0.15, -0.1) is 13.2 Å². The quantitative estimate of drug-likeness (QED) is 0.374. The Bertz CT molecular complexity index is 189. The highest BCUT2D eigenvalue weighted by molar-refractivity contribution is 5.79. The van der Waals surface area contributed by atoms with Gasteiger partial charge >= 0.3 is 0 Å². The Hall–Kier alpha value is -1.19. The fourth-order valence-electron chi connectivity index (χ4n) is 1.48. The van der Waals surface area contributed by atoms with Gasteiger partial charge in [-0.3, -0.25) is 14.9 Å². The van der Waals surface area contributed by atoms with Crippen molar-refractivity contribution >= 4 is 5.78 Å². The van der Waals surface area contributed by atoms with E-state index >= 15 is 0 Å². The van der Waals surface area contributed by atoms with Crippen molar-refractivity contribution in [3.63, 3.8) is 0 Å². The number of hydrogen-bond donors (Lipinski definition) is 0. The van der Waals surface area contributed by atoms with E-state index in [1.165, 1.54) is 0 Å². The van der Waals surface area contributed by atoms with Crippen LogP contribution in [0.25, 0.3) is 0 Å². The van der Waals surface area contributed by atoms with E-state index in [4.69, 9.17) is 0 Å². The van der Waals surface area contributed by atoms with Gasteiger partial charge in [-0.25, -0.2) is 0 Å². The molecule has 0 heterocycles. The number of ketones is 1. The summed E-state index contributed by atoms with van der Waals surface area (Å²) in [6.45, 7) is 5.96. The third-order valence-corrected chi connectivity index (χ3v) is 1.99. The lowest BCUT2D eigenvalue weighted by Crippen LogP contribution is -2.21. The fourth-order valence-corrected chi connectivity index (χ4v) is 1.48. The summed E-state index contributed by atoms with van der Waals surface area (Å²) in [5.41, 5.74) is 0. The highest BCUT2D eigenvalue weighted by atomic mass is 16.6. The summed E-state index contributed by atoms with van der Waals surface area (Å²) in [4.78, 5) is 20.6. The second-order valence-electron chi connectivity index (χ2n) is 3.02. The summed E-state index contributed by atoms with van der Waals surface area (Å²) in [7, 11) is 0. The molecule has 1 saturated carbocycles. The van der Waals surface area contributed by atoms with Crippen LogP contribution in [0.3, 0.4) is 0 Å². The third kappa shape index (κ3) is 5.11. The van der Waals surface area contributed by atoms with Gasteiger partial charge in [0.1, 0.15) is 5.78 Å². The van der Waals surface area contributed by atoms with Crippen LogP contribution >= 0.6 is 0 Å². The van der Waals surface area contributed by atoms with Gasteiger partial charge in [0.25, 0.3) is 0 Å². The molecule has 1 aliphatic rings. The van der Waals surface area contributed by atoms with E-state index in [1.807, 2.05) is 0 Å². The number of rotatable bonds is 2. The van der Waals surface area contributed by atoms with Gasteiger partial charge in [0.2, 0.25) is 6.54 Å². The van der Waals surface area contributed by atoms with Crippen molar-refractivity contribution in [3.05, 3.63) is 23.3 Å². The van der Waals surface area contributed by atoms with Crippen LogP contribution in [0, 0.1) is 16.0 Å². The zero-order valence-electron chi connectivity index (χ0n) is 7.70. The maximum atomic E-state index is 10.8. The number of nitrogens with zero attached hydrogens (tertiary/aromatic N) is 1. The Labute approximate surface area is 77.8 Å². The molecule has 0 aromatic rings. The summed E-state index contributed by atoms with van der Waals surface area (Å²) in [5, 5.41) is 10.1. The second-order valence-corrected chi connectivity index (χ2v) is 3.02. The van der Waals surface area contributed by atoms with Crippen LogP contribution in [0.4, 0.5) is 0 Å². The van der Waals surface area contributed by atoms with E-state index in [9.17, 15) is 14.9 Å². The minimum absolute atomic E-state index is 0.00579. The second kappa shape index (κ2) is 6.34. The summed E-state index contributed by atoms with van der Waals surface area (Å²) in [6, 6.07) is 0. The highest BCUT2D eigenvalue weighted by Crippen LogP contribution is 2.20. The monoisotopic (exact) mass is 185 g/mol. The average molecular weight is 185 g/mol. The molecule has 0 radical (unpaired) electrons. The summed E-state index contributed by atoms with van der Waals surface area (Å²) in [6.07, 6.45) is 2.71. The Morgan fingerprint density at radius 3 is 2.62 bits per heavy atom. The molecule has 4 heteroatoms. The van der Waals surface area contributed by atoms with Crippen LogP contribution in [0.1, 0.15) is 25.7 Å². The summed E-state index contributed by atoms with van der Waals surface area (Å²) >= 11 is 0. The SMILES string of the molecule is C=C.O=C1CCC[C@@H](C[N+](=O)[O-])C1. The molecule has 0 N–H and O–H groups in total. The molecule has 0 spiro atoms. The van der Waals surface area contributed by atoms with E-state index in [-0.39, 0.29) is 23.2 Å². The first-order valence-electron chi connectivity index (χ1n) is 4.32. The van der Waals surface area contributed by atoms with Crippen molar-refractivity contribution < 1.29 is 9.72 Å². The fraction of sp³-hybridized carbons (Fsp3) is 0.667. The molecule has 1 rings (SSSR count). The summed E-state index contributed by atoms with van der Waals surface area (Å²) < 4.78 is 0. The van der Waals surface area contributed by atoms with Crippen molar-refractivity contribution in [2.75, 3.05) is 6.54 Å². The maximum absolute atomic E-state index is 10.8. The smallest absolute Gasteiger partial charge is 0.207 e. The average Bonchev–Trinajstić information content (AvgIpc) is 2.06. The van der Waals surface area contributed by atoms with Crippen molar-refractivity contribution in [2.45, 2.75) is 25.7 Å². The Morgan fingerprint density at radius 2 is 2.15 bits per heavy atom. The molecule has 1 atom stereocenters. The molecule has 0 amide bonds. The highest BCUT2D eigenvalue weighted by Gasteiger charge is 2.23. The van der Waals surface area contributed by atoms with E-state index in [1.54, 1.807) is 0 Å². The Balaban J connectivity index is 0.000000671. The lowest BCUT2D eigenvalue weighted by atomic mass is 9.88. The topological polar surface area (TPSA) is 60.2 Å². The normalized spacial score (nSPS) is 21.5. The van der Waals surface area contributed by atoms with Crippen LogP contribution < -0.4 is 0 Å². The molecule has 0 unspecified atom stereocenters. The molecular weight excluding hydrogens is 170 g/mol. The van der Waals surface area contributed by atoms with Crippen molar-refractivity contribution in [1.29, 1.82) is 0 Å². The van der Waals surface area contributed by atoms with Gasteiger partial charge in [0.05, 0.1) is 0 Å². The first-order chi connectivity index (χ1) is 6.18. The van der Waals surface area contributed by atoms with Gasteiger partial charge in [-0.05, 0) is 12.8 Å². The zero-order valence-corrected chi connectivity index (χ0v) is 7.70. The number of carbonyl (C=O) groups excluding carboxylic acids is 1. The molecule has 1 aliphatic carbocycles. The predicted molar refractivity (Wildman–Crippen MR) is 50.1 cm³/mol. The van der Waals surface area contributed by atoms with Crippen molar-refractivity contribution in [1.82, 2.24) is 0 Å². The molecule has 0 aromatic heterocycles. The van der Waals surface area contributed by atoms with Crippen LogP contribution in [-0.4, -0.2) is 17.3 Å². The number of carbonyl (C=O) groups is 1. The molecule has 0 aliphatic heterocycles. The summed E-state index contributed by atoms with van der Waals surface area (Å²) in [5.74, 6) is 0.189. The molecule has 0 saturated heterocycles. The van der Waals surface area contributed by atoms with E-state index in [0.717, 1.165) is 12.8 Å². The Morgan fingerprint density at radius 1 is 1.54 bits per heavy atom. The van der Waals surface area contributed by atoms with Crippen molar-refractivity contribution in [2.24, 2.45) is 5.92 Å². The van der Waals surface area contributed by atoms with Gasteiger partial charge in [-0.2, -0.15) is 0 Å². The minimum atomic E-state index is -0.330. The zero-order chi connectivity index (χ0) is 10.3. The lowest BCUT2D eigenvalue weighted by Gasteiger charge is -2.16. The number of Topliss-reactive ketones (excluding diaryl/α,β-unsaturated/α-hetero) is 1. The van der Waals surface area contributed by atoms with Crippen LogP contribution in [0.5, 0.6) is 0 Å². The van der Waals surface area contributed by atoms with E-state index < -0.39 is 0 Å². The molecule has 4 nitrogen and oxygen atoms in total. The van der Waals surface area contributed by atoms with Gasteiger partial charge in [0, 0.05) is 23.7 Å². The first kappa shape index (κ1) is 11.8. The van der Waals surface area contributed by atoms with Gasteiger partial charge < -0.3 is 0 Å². The number of nitro groups is 1. The van der Waals surface area contributed by atoms with Crippen LogP contribution in [-0.2, 0) is 4.79 Å². The van der Waals surface area contributed by atoms with E-state index in [2.05, 4.69) is 13.2 Å². The van der Waals surface area contributed by atoms with Gasteiger partial charge in [-0.1, -0.05) is 0 Å². The third-order valence-electron chi connectivity index (χ3n) is 1.99. The van der Waals surface area contributed by atoms with Crippen LogP contribution in [0.15, 0.2) is 13.2 Å². The predicted octanol–water partition coefficient (Wildman–Crippen LogP) is 1.82. The Kier molecular flexibility index (Phi) is 5.76. The molecule has 74 valence electrons. The standard InChI is InChI=1S/C7H11NO3.C2H4/c9-7-3-1-2-6(4-7)5-8(10)11;1-2/h6H,1-5H2;1-2H2/t6-;/m1./s1. The number of hydrogen-bond acceptors (Lipinski definition) is 3. The molecule has 0 bridgehead atoms. The maximum Gasteiger partial charge on any atom is 0.207 e. The largest absolute Gasteiger partial charge is 0.300 e. The first-order valence-corrected chi connectivity index (χ1v) is 4.32. The molecule has 13 heavy (non-hydrogen) atoms. The van der Waals surface area contributed by atoms with Gasteiger partial charge in [0.15, 0.2) is 0 Å². The molecular formula is C9H15NO3.